The number of rotatable bonds is 4. The molecule has 1 heterocycles. The van der Waals surface area contributed by atoms with E-state index >= 15 is 0 Å². The maximum atomic E-state index is 9.44. The molecule has 0 bridgehead atoms. The Kier molecular flexibility index (Phi) is 3.66. The summed E-state index contributed by atoms with van der Waals surface area (Å²) in [5, 5.41) is 9.44. The molecule has 0 saturated carbocycles. The van der Waals surface area contributed by atoms with E-state index in [1.165, 1.54) is 11.1 Å². The van der Waals surface area contributed by atoms with Gasteiger partial charge in [0.2, 0.25) is 0 Å². The molecule has 0 aliphatic carbocycles. The number of hydrogen-bond acceptors (Lipinski definition) is 4. The predicted molar refractivity (Wildman–Crippen MR) is 69.0 cm³/mol. The number of benzene rings is 1. The minimum absolute atomic E-state index is 0.133. The van der Waals surface area contributed by atoms with Crippen molar-refractivity contribution in [2.24, 2.45) is 0 Å². The Balaban J connectivity index is 2.28. The fraction of sp³-hybridized carbons (Fsp3) is 0.538. The lowest BCUT2D eigenvalue weighted by Crippen LogP contribution is -2.49. The van der Waals surface area contributed by atoms with E-state index in [0.29, 0.717) is 13.2 Å². The number of hydrogen-bond donors (Lipinski definition) is 1. The van der Waals surface area contributed by atoms with Gasteiger partial charge in [0.25, 0.3) is 0 Å². The second-order valence-electron chi connectivity index (χ2n) is 4.52. The van der Waals surface area contributed by atoms with Crippen LogP contribution >= 0.6 is 11.8 Å². The Hall–Kier alpha value is -0.710. The third-order valence-corrected chi connectivity index (χ3v) is 4.46. The molecule has 1 N–H and O–H groups in total. The molecule has 0 atom stereocenters. The van der Waals surface area contributed by atoms with E-state index in [2.05, 4.69) is 19.9 Å². The molecular formula is C13H18O3S. The zero-order chi connectivity index (χ0) is 12.5. The summed E-state index contributed by atoms with van der Waals surface area (Å²) in [5.41, 5.74) is 2.45. The summed E-state index contributed by atoms with van der Waals surface area (Å²) in [5.74, 6) is 0.873. The van der Waals surface area contributed by atoms with Crippen molar-refractivity contribution in [3.8, 4) is 5.75 Å². The van der Waals surface area contributed by atoms with Crippen LogP contribution in [0.3, 0.4) is 0 Å². The molecule has 3 nitrogen and oxygen atoms in total. The number of aryl methyl sites for hydroxylation is 2. The Morgan fingerprint density at radius 2 is 2.00 bits per heavy atom. The highest BCUT2D eigenvalue weighted by atomic mass is 32.2. The molecule has 0 spiro atoms. The van der Waals surface area contributed by atoms with E-state index in [1.54, 1.807) is 18.9 Å². The monoisotopic (exact) mass is 254 g/mol. The van der Waals surface area contributed by atoms with E-state index < -0.39 is 0 Å². The zero-order valence-electron chi connectivity index (χ0n) is 10.4. The van der Waals surface area contributed by atoms with Crippen molar-refractivity contribution in [1.82, 2.24) is 0 Å². The lowest BCUT2D eigenvalue weighted by Gasteiger charge is -2.39. The molecule has 1 aromatic rings. The Morgan fingerprint density at radius 1 is 1.35 bits per heavy atom. The van der Waals surface area contributed by atoms with Crippen LogP contribution in [-0.4, -0.2) is 36.8 Å². The van der Waals surface area contributed by atoms with Gasteiger partial charge in [-0.1, -0.05) is 0 Å². The van der Waals surface area contributed by atoms with Crippen LogP contribution in [0.2, 0.25) is 0 Å². The van der Waals surface area contributed by atoms with Crippen LogP contribution in [0, 0.1) is 13.8 Å². The van der Waals surface area contributed by atoms with Crippen LogP contribution in [0.25, 0.3) is 0 Å². The van der Waals surface area contributed by atoms with Crippen molar-refractivity contribution in [3.63, 3.8) is 0 Å². The molecule has 1 saturated heterocycles. The lowest BCUT2D eigenvalue weighted by atomic mass is 10.1. The molecule has 17 heavy (non-hydrogen) atoms. The summed E-state index contributed by atoms with van der Waals surface area (Å²) < 4.78 is 10.4. The quantitative estimate of drug-likeness (QED) is 0.893. The van der Waals surface area contributed by atoms with Crippen molar-refractivity contribution in [2.45, 2.75) is 23.5 Å². The van der Waals surface area contributed by atoms with Gasteiger partial charge in [0.15, 0.2) is 0 Å². The first-order valence-corrected chi connectivity index (χ1v) is 6.45. The molecule has 1 aromatic carbocycles. The lowest BCUT2D eigenvalue weighted by molar-refractivity contribution is -0.0319. The van der Waals surface area contributed by atoms with Crippen LogP contribution in [0.4, 0.5) is 0 Å². The maximum Gasteiger partial charge on any atom is 0.132 e. The smallest absolute Gasteiger partial charge is 0.132 e. The Bertz CT molecular complexity index is 408. The second kappa shape index (κ2) is 4.88. The Labute approximate surface area is 106 Å². The van der Waals surface area contributed by atoms with E-state index in [0.717, 1.165) is 10.6 Å². The highest BCUT2D eigenvalue weighted by Crippen LogP contribution is 2.43. The van der Waals surface area contributed by atoms with Crippen molar-refractivity contribution >= 4 is 11.8 Å². The van der Waals surface area contributed by atoms with Gasteiger partial charge in [-0.15, -0.1) is 11.8 Å². The fourth-order valence-corrected chi connectivity index (χ4v) is 3.04. The highest BCUT2D eigenvalue weighted by molar-refractivity contribution is 8.01. The SMILES string of the molecule is COc1cc(C)c(C)cc1SC1(CO)COC1. The largest absolute Gasteiger partial charge is 0.496 e. The molecule has 0 aromatic heterocycles. The average Bonchev–Trinajstić information content (AvgIpc) is 2.27. The first kappa shape index (κ1) is 12.7. The number of thioether (sulfide) groups is 1. The molecule has 2 rings (SSSR count). The second-order valence-corrected chi connectivity index (χ2v) is 6.03. The van der Waals surface area contributed by atoms with Crippen LogP contribution in [0.5, 0.6) is 5.75 Å². The third-order valence-electron chi connectivity index (χ3n) is 3.12. The summed E-state index contributed by atoms with van der Waals surface area (Å²) in [7, 11) is 1.68. The highest BCUT2D eigenvalue weighted by Gasteiger charge is 2.40. The molecule has 4 heteroatoms. The van der Waals surface area contributed by atoms with Gasteiger partial charge in [0.05, 0.1) is 36.6 Å². The summed E-state index contributed by atoms with van der Waals surface area (Å²) in [6, 6.07) is 4.16. The summed E-state index contributed by atoms with van der Waals surface area (Å²) in [6.45, 7) is 5.49. The van der Waals surface area contributed by atoms with Gasteiger partial charge in [-0.05, 0) is 37.1 Å². The topological polar surface area (TPSA) is 38.7 Å². The van der Waals surface area contributed by atoms with Gasteiger partial charge >= 0.3 is 0 Å². The van der Waals surface area contributed by atoms with Crippen molar-refractivity contribution in [2.75, 3.05) is 26.9 Å². The number of aliphatic hydroxyl groups excluding tert-OH is 1. The van der Waals surface area contributed by atoms with E-state index in [9.17, 15) is 5.11 Å². The van der Waals surface area contributed by atoms with Crippen molar-refractivity contribution in [1.29, 1.82) is 0 Å². The van der Waals surface area contributed by atoms with E-state index in [1.807, 2.05) is 6.07 Å². The minimum atomic E-state index is -0.186. The summed E-state index contributed by atoms with van der Waals surface area (Å²) in [6.07, 6.45) is 0. The van der Waals surface area contributed by atoms with Crippen molar-refractivity contribution in [3.05, 3.63) is 23.3 Å². The molecule has 0 unspecified atom stereocenters. The first-order chi connectivity index (χ1) is 8.10. The van der Waals surface area contributed by atoms with Crippen LogP contribution in [0.15, 0.2) is 17.0 Å². The normalized spacial score (nSPS) is 17.6. The van der Waals surface area contributed by atoms with E-state index in [4.69, 9.17) is 9.47 Å². The number of ether oxygens (including phenoxy) is 2. The molecule has 1 aliphatic rings. The predicted octanol–water partition coefficient (Wildman–Crippen LogP) is 2.17. The molecule has 0 amide bonds. The van der Waals surface area contributed by atoms with Gasteiger partial charge in [-0.25, -0.2) is 0 Å². The third kappa shape index (κ3) is 2.44. The number of methoxy groups -OCH3 is 1. The molecule has 94 valence electrons. The zero-order valence-corrected chi connectivity index (χ0v) is 11.3. The maximum absolute atomic E-state index is 9.44. The van der Waals surface area contributed by atoms with Crippen LogP contribution in [-0.2, 0) is 4.74 Å². The van der Waals surface area contributed by atoms with Crippen molar-refractivity contribution < 1.29 is 14.6 Å². The average molecular weight is 254 g/mol. The first-order valence-electron chi connectivity index (χ1n) is 5.63. The standard InChI is InChI=1S/C13H18O3S/c1-9-4-11(15-3)12(5-10(9)2)17-13(6-14)7-16-8-13/h4-5,14H,6-8H2,1-3H3. The fourth-order valence-electron chi connectivity index (χ4n) is 1.75. The molecule has 1 fully saturated rings. The van der Waals surface area contributed by atoms with Gasteiger partial charge < -0.3 is 14.6 Å². The minimum Gasteiger partial charge on any atom is -0.496 e. The molecule has 1 aliphatic heterocycles. The summed E-state index contributed by atoms with van der Waals surface area (Å²) in [4.78, 5) is 1.08. The van der Waals surface area contributed by atoms with Gasteiger partial charge in [0.1, 0.15) is 5.75 Å². The van der Waals surface area contributed by atoms with E-state index in [-0.39, 0.29) is 11.4 Å². The summed E-state index contributed by atoms with van der Waals surface area (Å²) >= 11 is 1.65. The Morgan fingerprint density at radius 3 is 2.47 bits per heavy atom. The van der Waals surface area contributed by atoms with Gasteiger partial charge in [0, 0.05) is 0 Å². The van der Waals surface area contributed by atoms with Gasteiger partial charge in [-0.2, -0.15) is 0 Å². The molecule has 0 radical (unpaired) electrons. The number of aliphatic hydroxyl groups is 1. The van der Waals surface area contributed by atoms with Crippen LogP contribution in [0.1, 0.15) is 11.1 Å². The van der Waals surface area contributed by atoms with Crippen LogP contribution < -0.4 is 4.74 Å². The molecular weight excluding hydrogens is 236 g/mol. The van der Waals surface area contributed by atoms with Gasteiger partial charge in [-0.3, -0.25) is 0 Å².